The van der Waals surface area contributed by atoms with E-state index in [1.165, 1.54) is 5.56 Å². The van der Waals surface area contributed by atoms with Gasteiger partial charge in [0.2, 0.25) is 0 Å². The predicted molar refractivity (Wildman–Crippen MR) is 84.3 cm³/mol. The summed E-state index contributed by atoms with van der Waals surface area (Å²) in [6.07, 6.45) is 2.43. The van der Waals surface area contributed by atoms with Gasteiger partial charge in [-0.2, -0.15) is 11.8 Å². The Hall–Kier alpha value is -0.220. The fourth-order valence-corrected chi connectivity index (χ4v) is 3.48. The Kier molecular flexibility index (Phi) is 6.51. The Bertz CT molecular complexity index is 382. The van der Waals surface area contributed by atoms with E-state index in [2.05, 4.69) is 24.4 Å². The van der Waals surface area contributed by atoms with Gasteiger partial charge in [0.25, 0.3) is 0 Å². The molecule has 2 rings (SSSR count). The van der Waals surface area contributed by atoms with Crippen molar-refractivity contribution in [1.82, 2.24) is 5.32 Å². The van der Waals surface area contributed by atoms with E-state index in [0.29, 0.717) is 12.1 Å². The number of benzene rings is 1. The first kappa shape index (κ1) is 15.2. The third kappa shape index (κ3) is 4.99. The van der Waals surface area contributed by atoms with Crippen molar-refractivity contribution in [1.29, 1.82) is 0 Å². The lowest BCUT2D eigenvalue weighted by molar-refractivity contribution is 0.0472. The van der Waals surface area contributed by atoms with Gasteiger partial charge < -0.3 is 10.1 Å². The van der Waals surface area contributed by atoms with Crippen LogP contribution in [0.3, 0.4) is 0 Å². The van der Waals surface area contributed by atoms with E-state index in [0.717, 1.165) is 42.5 Å². The molecule has 1 aromatic carbocycles. The molecule has 1 aliphatic heterocycles. The summed E-state index contributed by atoms with van der Waals surface area (Å²) in [4.78, 5) is 0. The molecule has 1 aromatic rings. The van der Waals surface area contributed by atoms with Crippen molar-refractivity contribution < 1.29 is 4.74 Å². The average Bonchev–Trinajstić information content (AvgIpc) is 2.44. The molecule has 1 saturated heterocycles. The van der Waals surface area contributed by atoms with Crippen molar-refractivity contribution in [3.63, 3.8) is 0 Å². The van der Waals surface area contributed by atoms with E-state index in [1.807, 2.05) is 23.9 Å². The number of hydrogen-bond donors (Lipinski definition) is 1. The van der Waals surface area contributed by atoms with Gasteiger partial charge in [-0.05, 0) is 37.1 Å². The standard InChI is InChI=1S/C15H22ClNOS/c1-2-6-17-14(15-11-19-8-7-18-15)10-12-4-3-5-13(16)9-12/h3-5,9,14-15,17H,2,6-8,10-11H2,1H3. The van der Waals surface area contributed by atoms with Gasteiger partial charge in [0.05, 0.1) is 12.7 Å². The molecule has 0 spiro atoms. The fraction of sp³-hybridized carbons (Fsp3) is 0.600. The second-order valence-corrected chi connectivity index (χ2v) is 6.47. The van der Waals surface area contributed by atoms with Crippen LogP contribution in [0.4, 0.5) is 0 Å². The largest absolute Gasteiger partial charge is 0.375 e. The zero-order valence-electron chi connectivity index (χ0n) is 11.4. The highest BCUT2D eigenvalue weighted by molar-refractivity contribution is 7.99. The van der Waals surface area contributed by atoms with Crippen LogP contribution in [-0.2, 0) is 11.2 Å². The molecule has 1 aliphatic rings. The van der Waals surface area contributed by atoms with E-state index < -0.39 is 0 Å². The Morgan fingerprint density at radius 1 is 1.53 bits per heavy atom. The molecule has 1 N–H and O–H groups in total. The zero-order valence-corrected chi connectivity index (χ0v) is 13.0. The summed E-state index contributed by atoms with van der Waals surface area (Å²) >= 11 is 8.05. The third-order valence-electron chi connectivity index (χ3n) is 3.29. The summed E-state index contributed by atoms with van der Waals surface area (Å²) in [5, 5.41) is 4.44. The van der Waals surface area contributed by atoms with Crippen molar-refractivity contribution in [3.8, 4) is 0 Å². The Morgan fingerprint density at radius 2 is 2.42 bits per heavy atom. The predicted octanol–water partition coefficient (Wildman–Crippen LogP) is 3.38. The average molecular weight is 300 g/mol. The van der Waals surface area contributed by atoms with Gasteiger partial charge in [-0.15, -0.1) is 0 Å². The SMILES string of the molecule is CCCNC(Cc1cccc(Cl)c1)C1CSCCO1. The minimum atomic E-state index is 0.310. The van der Waals surface area contributed by atoms with Crippen LogP contribution in [0, 0.1) is 0 Å². The molecule has 4 heteroatoms. The molecule has 0 radical (unpaired) electrons. The lowest BCUT2D eigenvalue weighted by Gasteiger charge is -2.31. The van der Waals surface area contributed by atoms with Crippen molar-refractivity contribution >= 4 is 23.4 Å². The monoisotopic (exact) mass is 299 g/mol. The van der Waals surface area contributed by atoms with Crippen molar-refractivity contribution in [3.05, 3.63) is 34.9 Å². The van der Waals surface area contributed by atoms with Gasteiger partial charge in [0.1, 0.15) is 0 Å². The molecule has 19 heavy (non-hydrogen) atoms. The van der Waals surface area contributed by atoms with Crippen LogP contribution in [0.1, 0.15) is 18.9 Å². The lowest BCUT2D eigenvalue weighted by atomic mass is 10.0. The number of hydrogen-bond acceptors (Lipinski definition) is 3. The highest BCUT2D eigenvalue weighted by Crippen LogP contribution is 2.19. The van der Waals surface area contributed by atoms with Gasteiger partial charge in [0.15, 0.2) is 0 Å². The summed E-state index contributed by atoms with van der Waals surface area (Å²) in [6.45, 7) is 4.10. The third-order valence-corrected chi connectivity index (χ3v) is 4.55. The van der Waals surface area contributed by atoms with Gasteiger partial charge in [-0.1, -0.05) is 30.7 Å². The summed E-state index contributed by atoms with van der Waals surface area (Å²) < 4.78 is 5.92. The molecule has 1 heterocycles. The highest BCUT2D eigenvalue weighted by Gasteiger charge is 2.24. The molecule has 1 fully saturated rings. The van der Waals surface area contributed by atoms with Crippen molar-refractivity contribution in [2.75, 3.05) is 24.7 Å². The van der Waals surface area contributed by atoms with E-state index in [1.54, 1.807) is 0 Å². The quantitative estimate of drug-likeness (QED) is 0.870. The van der Waals surface area contributed by atoms with Gasteiger partial charge in [-0.3, -0.25) is 0 Å². The maximum absolute atomic E-state index is 6.06. The highest BCUT2D eigenvalue weighted by atomic mass is 35.5. The first-order chi connectivity index (χ1) is 9.29. The molecule has 0 bridgehead atoms. The molecule has 0 amide bonds. The van der Waals surface area contributed by atoms with Crippen LogP contribution in [0.15, 0.2) is 24.3 Å². The first-order valence-corrected chi connectivity index (χ1v) is 8.50. The van der Waals surface area contributed by atoms with Crippen LogP contribution in [0.2, 0.25) is 5.02 Å². The van der Waals surface area contributed by atoms with Gasteiger partial charge in [0, 0.05) is 22.6 Å². The molecule has 2 nitrogen and oxygen atoms in total. The number of ether oxygens (including phenoxy) is 1. The summed E-state index contributed by atoms with van der Waals surface area (Å²) in [5.41, 5.74) is 1.28. The van der Waals surface area contributed by atoms with Gasteiger partial charge in [-0.25, -0.2) is 0 Å². The maximum Gasteiger partial charge on any atom is 0.0821 e. The van der Waals surface area contributed by atoms with Crippen molar-refractivity contribution in [2.24, 2.45) is 0 Å². The normalized spacial score (nSPS) is 21.3. The number of halogens is 1. The van der Waals surface area contributed by atoms with Crippen LogP contribution in [0.5, 0.6) is 0 Å². The number of nitrogens with one attached hydrogen (secondary N) is 1. The molecule has 0 aromatic heterocycles. The van der Waals surface area contributed by atoms with Gasteiger partial charge >= 0.3 is 0 Å². The Balaban J connectivity index is 1.99. The van der Waals surface area contributed by atoms with Crippen LogP contribution in [-0.4, -0.2) is 36.8 Å². The first-order valence-electron chi connectivity index (χ1n) is 6.96. The smallest absolute Gasteiger partial charge is 0.0821 e. The van der Waals surface area contributed by atoms with Crippen LogP contribution >= 0.6 is 23.4 Å². The Morgan fingerprint density at radius 3 is 3.11 bits per heavy atom. The van der Waals surface area contributed by atoms with E-state index in [-0.39, 0.29) is 0 Å². The molecular weight excluding hydrogens is 278 g/mol. The van der Waals surface area contributed by atoms with E-state index in [4.69, 9.17) is 16.3 Å². The number of rotatable bonds is 6. The summed E-state index contributed by atoms with van der Waals surface area (Å²) in [5.74, 6) is 2.20. The maximum atomic E-state index is 6.06. The summed E-state index contributed by atoms with van der Waals surface area (Å²) in [7, 11) is 0. The summed E-state index contributed by atoms with van der Waals surface area (Å²) in [6, 6.07) is 8.52. The minimum Gasteiger partial charge on any atom is -0.375 e. The number of thioether (sulfide) groups is 1. The molecule has 106 valence electrons. The lowest BCUT2D eigenvalue weighted by Crippen LogP contribution is -2.46. The second kappa shape index (κ2) is 8.15. The van der Waals surface area contributed by atoms with E-state index in [9.17, 15) is 0 Å². The van der Waals surface area contributed by atoms with E-state index >= 15 is 0 Å². The van der Waals surface area contributed by atoms with Crippen LogP contribution < -0.4 is 5.32 Å². The molecular formula is C15H22ClNOS. The molecule has 0 saturated carbocycles. The molecule has 2 unspecified atom stereocenters. The fourth-order valence-electron chi connectivity index (χ4n) is 2.32. The molecule has 2 atom stereocenters. The zero-order chi connectivity index (χ0) is 13.5. The topological polar surface area (TPSA) is 21.3 Å². The Labute approximate surface area is 125 Å². The van der Waals surface area contributed by atoms with Crippen molar-refractivity contribution in [2.45, 2.75) is 31.9 Å². The minimum absolute atomic E-state index is 0.310. The van der Waals surface area contributed by atoms with Crippen LogP contribution in [0.25, 0.3) is 0 Å². The second-order valence-electron chi connectivity index (χ2n) is 4.88. The molecule has 0 aliphatic carbocycles.